The Kier molecular flexibility index (Phi) is 3.54. The number of rotatable bonds is 4. The average molecular weight is 206 g/mol. The van der Waals surface area contributed by atoms with Gasteiger partial charge in [0.2, 0.25) is 5.91 Å². The molecule has 1 rings (SSSR count). The minimum absolute atomic E-state index is 0.0328. The molecule has 4 nitrogen and oxygen atoms in total. The van der Waals surface area contributed by atoms with Crippen LogP contribution in [-0.4, -0.2) is 40.3 Å². The van der Waals surface area contributed by atoms with Gasteiger partial charge in [0.25, 0.3) is 0 Å². The summed E-state index contributed by atoms with van der Waals surface area (Å²) in [6.45, 7) is 1.06. The Bertz CT molecular complexity index is 219. The highest BCUT2D eigenvalue weighted by Crippen LogP contribution is 2.16. The van der Waals surface area contributed by atoms with Crippen molar-refractivity contribution in [3.63, 3.8) is 0 Å². The lowest BCUT2D eigenvalue weighted by Crippen LogP contribution is -2.26. The van der Waals surface area contributed by atoms with Gasteiger partial charge in [-0.15, -0.1) is 11.6 Å². The summed E-state index contributed by atoms with van der Waals surface area (Å²) in [6, 6.07) is 0. The molecular formula is C8H12ClNO3. The molecule has 0 aliphatic carbocycles. The average Bonchev–Trinajstić information content (AvgIpc) is 2.29. The van der Waals surface area contributed by atoms with Crippen LogP contribution in [-0.2, 0) is 9.59 Å². The van der Waals surface area contributed by atoms with Crippen LogP contribution in [0.2, 0.25) is 0 Å². The first-order chi connectivity index (χ1) is 6.09. The molecule has 1 aliphatic heterocycles. The molecule has 1 N–H and O–H groups in total. The standard InChI is InChI=1S/C8H12ClNO3/c9-6-4-7(11)10(5-6)3-1-2-8(12)13/h6H,1-5H2,(H,12,13). The molecule has 1 heterocycles. The Hall–Kier alpha value is -0.770. The van der Waals surface area contributed by atoms with Crippen molar-refractivity contribution in [2.45, 2.75) is 24.6 Å². The molecule has 0 radical (unpaired) electrons. The monoisotopic (exact) mass is 205 g/mol. The maximum absolute atomic E-state index is 11.2. The van der Waals surface area contributed by atoms with Gasteiger partial charge in [0, 0.05) is 25.9 Å². The predicted molar refractivity (Wildman–Crippen MR) is 47.7 cm³/mol. The molecule has 0 aromatic carbocycles. The van der Waals surface area contributed by atoms with Crippen LogP contribution in [0.5, 0.6) is 0 Å². The molecule has 0 aromatic rings. The Morgan fingerprint density at radius 3 is 2.85 bits per heavy atom. The number of alkyl halides is 1. The van der Waals surface area contributed by atoms with Crippen molar-refractivity contribution in [2.75, 3.05) is 13.1 Å². The van der Waals surface area contributed by atoms with Crippen LogP contribution in [0.3, 0.4) is 0 Å². The van der Waals surface area contributed by atoms with Crippen molar-refractivity contribution in [1.82, 2.24) is 4.90 Å². The number of nitrogens with zero attached hydrogens (tertiary/aromatic N) is 1. The highest BCUT2D eigenvalue weighted by molar-refractivity contribution is 6.22. The van der Waals surface area contributed by atoms with Crippen molar-refractivity contribution in [3.05, 3.63) is 0 Å². The fraction of sp³-hybridized carbons (Fsp3) is 0.750. The smallest absolute Gasteiger partial charge is 0.303 e. The summed E-state index contributed by atoms with van der Waals surface area (Å²) in [5.74, 6) is -0.792. The van der Waals surface area contributed by atoms with Crippen LogP contribution in [0.25, 0.3) is 0 Å². The summed E-state index contributed by atoms with van der Waals surface area (Å²) in [5.41, 5.74) is 0. The van der Waals surface area contributed by atoms with Gasteiger partial charge in [0.15, 0.2) is 0 Å². The minimum atomic E-state index is -0.825. The molecule has 0 aromatic heterocycles. The molecule has 1 saturated heterocycles. The number of carbonyl (C=O) groups excluding carboxylic acids is 1. The summed E-state index contributed by atoms with van der Waals surface area (Å²) >= 11 is 5.76. The van der Waals surface area contributed by atoms with E-state index in [1.54, 1.807) is 4.90 Å². The van der Waals surface area contributed by atoms with Gasteiger partial charge >= 0.3 is 5.97 Å². The van der Waals surface area contributed by atoms with Crippen molar-refractivity contribution < 1.29 is 14.7 Å². The van der Waals surface area contributed by atoms with Gasteiger partial charge < -0.3 is 10.0 Å². The maximum atomic E-state index is 11.2. The topological polar surface area (TPSA) is 57.6 Å². The van der Waals surface area contributed by atoms with Crippen LogP contribution >= 0.6 is 11.6 Å². The van der Waals surface area contributed by atoms with Crippen molar-refractivity contribution in [1.29, 1.82) is 0 Å². The lowest BCUT2D eigenvalue weighted by atomic mass is 10.3. The van der Waals surface area contributed by atoms with Gasteiger partial charge in [-0.1, -0.05) is 0 Å². The quantitative estimate of drug-likeness (QED) is 0.687. The Morgan fingerprint density at radius 2 is 2.38 bits per heavy atom. The first-order valence-electron chi connectivity index (χ1n) is 4.23. The van der Waals surface area contributed by atoms with Crippen LogP contribution in [0.4, 0.5) is 0 Å². The number of hydrogen-bond donors (Lipinski definition) is 1. The van der Waals surface area contributed by atoms with E-state index in [1.807, 2.05) is 0 Å². The van der Waals surface area contributed by atoms with Gasteiger partial charge in [-0.05, 0) is 6.42 Å². The molecule has 0 bridgehead atoms. The zero-order valence-corrected chi connectivity index (χ0v) is 7.96. The third kappa shape index (κ3) is 3.22. The van der Waals surface area contributed by atoms with E-state index in [9.17, 15) is 9.59 Å². The molecule has 1 atom stereocenters. The van der Waals surface area contributed by atoms with E-state index in [-0.39, 0.29) is 17.7 Å². The summed E-state index contributed by atoms with van der Waals surface area (Å²) in [7, 11) is 0. The number of hydrogen-bond acceptors (Lipinski definition) is 2. The zero-order chi connectivity index (χ0) is 9.84. The Labute approximate surface area is 81.5 Å². The summed E-state index contributed by atoms with van der Waals surface area (Å²) < 4.78 is 0. The molecule has 74 valence electrons. The lowest BCUT2D eigenvalue weighted by molar-refractivity contribution is -0.137. The first-order valence-corrected chi connectivity index (χ1v) is 4.67. The molecule has 0 saturated carbocycles. The molecule has 0 spiro atoms. The van der Waals surface area contributed by atoms with Gasteiger partial charge in [-0.2, -0.15) is 0 Å². The van der Waals surface area contributed by atoms with Crippen LogP contribution < -0.4 is 0 Å². The van der Waals surface area contributed by atoms with Gasteiger partial charge in [-0.3, -0.25) is 9.59 Å². The number of carboxylic acids is 1. The Balaban J connectivity index is 2.22. The number of amides is 1. The molecule has 5 heteroatoms. The van der Waals surface area contributed by atoms with E-state index in [0.717, 1.165) is 0 Å². The van der Waals surface area contributed by atoms with Crippen LogP contribution in [0, 0.1) is 0 Å². The highest BCUT2D eigenvalue weighted by Gasteiger charge is 2.27. The number of halogens is 1. The fourth-order valence-electron chi connectivity index (χ4n) is 1.36. The maximum Gasteiger partial charge on any atom is 0.303 e. The molecular weight excluding hydrogens is 194 g/mol. The fourth-order valence-corrected chi connectivity index (χ4v) is 1.66. The third-order valence-corrected chi connectivity index (χ3v) is 2.28. The SMILES string of the molecule is O=C(O)CCCN1CC(Cl)CC1=O. The second-order valence-electron chi connectivity index (χ2n) is 3.14. The molecule has 1 aliphatic rings. The van der Waals surface area contributed by atoms with E-state index < -0.39 is 5.97 Å². The molecule has 1 amide bonds. The van der Waals surface area contributed by atoms with Crippen molar-refractivity contribution in [2.24, 2.45) is 0 Å². The van der Waals surface area contributed by atoms with E-state index in [1.165, 1.54) is 0 Å². The molecule has 13 heavy (non-hydrogen) atoms. The zero-order valence-electron chi connectivity index (χ0n) is 7.20. The predicted octanol–water partition coefficient (Wildman–Crippen LogP) is 0.691. The second-order valence-corrected chi connectivity index (χ2v) is 3.76. The van der Waals surface area contributed by atoms with Crippen molar-refractivity contribution in [3.8, 4) is 0 Å². The normalized spacial score (nSPS) is 22.4. The highest BCUT2D eigenvalue weighted by atomic mass is 35.5. The first kappa shape index (κ1) is 10.3. The summed E-state index contributed by atoms with van der Waals surface area (Å²) in [5, 5.41) is 8.28. The molecule has 1 fully saturated rings. The second kappa shape index (κ2) is 4.46. The van der Waals surface area contributed by atoms with Gasteiger partial charge in [0.1, 0.15) is 0 Å². The molecule has 1 unspecified atom stereocenters. The summed E-state index contributed by atoms with van der Waals surface area (Å²) in [4.78, 5) is 23.0. The number of likely N-dealkylation sites (tertiary alicyclic amines) is 1. The largest absolute Gasteiger partial charge is 0.481 e. The van der Waals surface area contributed by atoms with Crippen LogP contribution in [0.15, 0.2) is 0 Å². The van der Waals surface area contributed by atoms with Crippen molar-refractivity contribution >= 4 is 23.5 Å². The number of carboxylic acid groups (broad SMARTS) is 1. The summed E-state index contributed by atoms with van der Waals surface area (Å²) in [6.07, 6.45) is 0.996. The van der Waals surface area contributed by atoms with E-state index >= 15 is 0 Å². The number of carbonyl (C=O) groups is 2. The minimum Gasteiger partial charge on any atom is -0.481 e. The van der Waals surface area contributed by atoms with Gasteiger partial charge in [0.05, 0.1) is 5.38 Å². The van der Waals surface area contributed by atoms with E-state index in [0.29, 0.717) is 25.9 Å². The van der Waals surface area contributed by atoms with E-state index in [2.05, 4.69) is 0 Å². The lowest BCUT2D eigenvalue weighted by Gasteiger charge is -2.14. The van der Waals surface area contributed by atoms with E-state index in [4.69, 9.17) is 16.7 Å². The number of aliphatic carboxylic acids is 1. The Morgan fingerprint density at radius 1 is 1.69 bits per heavy atom. The third-order valence-electron chi connectivity index (χ3n) is 1.99. The van der Waals surface area contributed by atoms with Gasteiger partial charge in [-0.25, -0.2) is 0 Å². The van der Waals surface area contributed by atoms with Crippen LogP contribution in [0.1, 0.15) is 19.3 Å².